The van der Waals surface area contributed by atoms with Crippen LogP contribution in [0.1, 0.15) is 0 Å². The van der Waals surface area contributed by atoms with Crippen LogP contribution in [0, 0.1) is 0 Å². The Kier molecular flexibility index (Phi) is 2.54. The van der Waals surface area contributed by atoms with Gasteiger partial charge >= 0.3 is 0 Å². The summed E-state index contributed by atoms with van der Waals surface area (Å²) in [5.74, 6) is -0.687. The molecule has 4 nitrogen and oxygen atoms in total. The molecule has 0 aromatic heterocycles. The van der Waals surface area contributed by atoms with Crippen molar-refractivity contribution in [3.8, 4) is 0 Å². The highest BCUT2D eigenvalue weighted by molar-refractivity contribution is 6.28. The first kappa shape index (κ1) is 9.12. The van der Waals surface area contributed by atoms with Crippen LogP contribution in [0.2, 0.25) is 0 Å². The smallest absolute Gasteiger partial charge is 0.202 e. The maximum atomic E-state index is 11.2. The number of carbonyl (C=O) groups excluding carboxylic acids is 2. The summed E-state index contributed by atoms with van der Waals surface area (Å²) in [7, 11) is 0. The van der Waals surface area contributed by atoms with Crippen molar-refractivity contribution in [2.45, 2.75) is 0 Å². The molecule has 0 amide bonds. The Hall–Kier alpha value is -1.97. The first-order valence-electron chi connectivity index (χ1n) is 3.57. The maximum absolute atomic E-state index is 11.2. The summed E-state index contributed by atoms with van der Waals surface area (Å²) in [5.41, 5.74) is 5.43. The van der Waals surface area contributed by atoms with Crippen molar-refractivity contribution >= 4 is 17.8 Å². The third kappa shape index (κ3) is 1.79. The van der Waals surface area contributed by atoms with E-state index in [9.17, 15) is 9.59 Å². The van der Waals surface area contributed by atoms with Crippen molar-refractivity contribution < 1.29 is 9.59 Å². The molecule has 0 aromatic carbocycles. The van der Waals surface area contributed by atoms with E-state index in [1.54, 1.807) is 0 Å². The lowest BCUT2D eigenvalue weighted by Gasteiger charge is -2.05. The lowest BCUT2D eigenvalue weighted by Crippen LogP contribution is -2.21. The van der Waals surface area contributed by atoms with Gasteiger partial charge in [0.2, 0.25) is 5.78 Å². The molecule has 0 heterocycles. The zero-order valence-corrected chi connectivity index (χ0v) is 6.86. The molecule has 1 rings (SSSR count). The Balaban J connectivity index is 3.09. The van der Waals surface area contributed by atoms with Gasteiger partial charge in [-0.15, -0.1) is 0 Å². The monoisotopic (exact) mass is 176 g/mol. The largest absolute Gasteiger partial charge is 0.395 e. The number of hydrogen-bond donors (Lipinski definition) is 1. The predicted molar refractivity (Wildman–Crippen MR) is 49.1 cm³/mol. The molecule has 0 bridgehead atoms. The molecule has 0 radical (unpaired) electrons. The van der Waals surface area contributed by atoms with E-state index >= 15 is 0 Å². The summed E-state index contributed by atoms with van der Waals surface area (Å²) in [5, 5.41) is 0. The molecular formula is C9H8N2O2. The molecule has 0 saturated heterocycles. The fraction of sp³-hybridized carbons (Fsp3) is 0. The maximum Gasteiger partial charge on any atom is 0.202 e. The quantitative estimate of drug-likeness (QED) is 0.479. The molecule has 66 valence electrons. The molecule has 4 heteroatoms. The van der Waals surface area contributed by atoms with Crippen molar-refractivity contribution in [3.05, 3.63) is 36.2 Å². The molecule has 2 N–H and O–H groups in total. The second-order valence-electron chi connectivity index (χ2n) is 2.35. The summed E-state index contributed by atoms with van der Waals surface area (Å²) in [4.78, 5) is 25.8. The van der Waals surface area contributed by atoms with Crippen LogP contribution in [0.3, 0.4) is 0 Å². The normalized spacial score (nSPS) is 17.2. The molecule has 0 spiro atoms. The summed E-state index contributed by atoms with van der Waals surface area (Å²) in [6.45, 7) is 3.34. The average molecular weight is 176 g/mol. The highest BCUT2D eigenvalue weighted by atomic mass is 16.1. The van der Waals surface area contributed by atoms with Gasteiger partial charge in [-0.25, -0.2) is 0 Å². The Bertz CT molecular complexity index is 362. The first-order valence-corrected chi connectivity index (χ1v) is 3.57. The number of carbonyl (C=O) groups is 2. The van der Waals surface area contributed by atoms with Gasteiger partial charge in [-0.3, -0.25) is 14.6 Å². The number of nitrogens with zero attached hydrogens (tertiary/aromatic N) is 1. The van der Waals surface area contributed by atoms with Gasteiger partial charge in [-0.1, -0.05) is 6.58 Å². The van der Waals surface area contributed by atoms with Crippen LogP contribution >= 0.6 is 0 Å². The zero-order chi connectivity index (χ0) is 9.84. The van der Waals surface area contributed by atoms with E-state index in [4.69, 9.17) is 5.73 Å². The van der Waals surface area contributed by atoms with E-state index in [-0.39, 0.29) is 22.8 Å². The van der Waals surface area contributed by atoms with E-state index in [1.807, 2.05) is 0 Å². The Morgan fingerprint density at radius 3 is 2.54 bits per heavy atom. The minimum Gasteiger partial charge on any atom is -0.395 e. The number of nitrogens with two attached hydrogens (primary N) is 1. The predicted octanol–water partition coefficient (Wildman–Crippen LogP) is 0.122. The van der Waals surface area contributed by atoms with Crippen LogP contribution in [0.4, 0.5) is 0 Å². The highest BCUT2D eigenvalue weighted by Gasteiger charge is 2.17. The third-order valence-electron chi connectivity index (χ3n) is 1.52. The van der Waals surface area contributed by atoms with Crippen LogP contribution in [0.5, 0.6) is 0 Å². The van der Waals surface area contributed by atoms with E-state index < -0.39 is 0 Å². The van der Waals surface area contributed by atoms with Gasteiger partial charge in [0.25, 0.3) is 0 Å². The van der Waals surface area contributed by atoms with Crippen LogP contribution < -0.4 is 5.73 Å². The van der Waals surface area contributed by atoms with Crippen molar-refractivity contribution in [2.75, 3.05) is 0 Å². The molecule has 0 unspecified atom stereocenters. The van der Waals surface area contributed by atoms with Crippen LogP contribution in [0.15, 0.2) is 41.2 Å². The van der Waals surface area contributed by atoms with Gasteiger partial charge in [0.05, 0.1) is 11.3 Å². The van der Waals surface area contributed by atoms with E-state index in [0.29, 0.717) is 0 Å². The molecule has 0 saturated carbocycles. The molecule has 13 heavy (non-hydrogen) atoms. The van der Waals surface area contributed by atoms with Crippen LogP contribution in [-0.2, 0) is 9.59 Å². The number of hydrogen-bond acceptors (Lipinski definition) is 4. The Morgan fingerprint density at radius 1 is 1.31 bits per heavy atom. The van der Waals surface area contributed by atoms with E-state index in [2.05, 4.69) is 11.6 Å². The van der Waals surface area contributed by atoms with Gasteiger partial charge in [-0.05, 0) is 12.2 Å². The molecule has 0 atom stereocenters. The minimum absolute atomic E-state index is 0.0712. The highest BCUT2D eigenvalue weighted by Crippen LogP contribution is 2.07. The lowest BCUT2D eigenvalue weighted by molar-refractivity contribution is -0.114. The average Bonchev–Trinajstić information content (AvgIpc) is 2.12. The molecule has 1 aliphatic carbocycles. The summed E-state index contributed by atoms with van der Waals surface area (Å²) in [6.07, 6.45) is 4.80. The number of rotatable bonds is 2. The summed E-state index contributed by atoms with van der Waals surface area (Å²) in [6, 6.07) is 0. The summed E-state index contributed by atoms with van der Waals surface area (Å²) >= 11 is 0. The molecule has 0 aliphatic heterocycles. The summed E-state index contributed by atoms with van der Waals surface area (Å²) < 4.78 is 0. The standard InChI is InChI=1S/C9H8N2O2/c1-2-11-5-6-7(12)3-4-8(13)9(6)10/h2-5H,1,10H2. The van der Waals surface area contributed by atoms with Gasteiger partial charge in [0, 0.05) is 12.4 Å². The second kappa shape index (κ2) is 3.62. The fourth-order valence-electron chi connectivity index (χ4n) is 0.857. The number of ketones is 2. The molecule has 0 fully saturated rings. The van der Waals surface area contributed by atoms with Crippen molar-refractivity contribution in [1.82, 2.24) is 0 Å². The fourth-order valence-corrected chi connectivity index (χ4v) is 0.857. The number of aliphatic imine (C=N–C) groups is 1. The van der Waals surface area contributed by atoms with E-state index in [1.165, 1.54) is 18.5 Å². The van der Waals surface area contributed by atoms with Crippen LogP contribution in [0.25, 0.3) is 0 Å². The third-order valence-corrected chi connectivity index (χ3v) is 1.52. The van der Waals surface area contributed by atoms with Crippen LogP contribution in [-0.4, -0.2) is 17.8 Å². The number of allylic oxidation sites excluding steroid dienone is 3. The van der Waals surface area contributed by atoms with Crippen molar-refractivity contribution in [3.63, 3.8) is 0 Å². The SMILES string of the molecule is C=CN=CC1=C(N)C(=O)C=CC1=O. The topological polar surface area (TPSA) is 72.5 Å². The van der Waals surface area contributed by atoms with Gasteiger partial charge in [-0.2, -0.15) is 0 Å². The Labute approximate surface area is 75.1 Å². The van der Waals surface area contributed by atoms with Crippen molar-refractivity contribution in [2.24, 2.45) is 10.7 Å². The van der Waals surface area contributed by atoms with Crippen molar-refractivity contribution in [1.29, 1.82) is 0 Å². The molecule has 1 aliphatic rings. The second-order valence-corrected chi connectivity index (χ2v) is 2.35. The minimum atomic E-state index is -0.370. The zero-order valence-electron chi connectivity index (χ0n) is 6.86. The molecular weight excluding hydrogens is 168 g/mol. The van der Waals surface area contributed by atoms with Gasteiger partial charge < -0.3 is 5.73 Å². The first-order chi connectivity index (χ1) is 6.16. The van der Waals surface area contributed by atoms with E-state index in [0.717, 1.165) is 6.08 Å². The van der Waals surface area contributed by atoms with Gasteiger partial charge in [0.15, 0.2) is 5.78 Å². The van der Waals surface area contributed by atoms with Gasteiger partial charge in [0.1, 0.15) is 0 Å². The Morgan fingerprint density at radius 2 is 1.92 bits per heavy atom. The lowest BCUT2D eigenvalue weighted by atomic mass is 10.0. The molecule has 0 aromatic rings.